The Labute approximate surface area is 216 Å². The van der Waals surface area contributed by atoms with Gasteiger partial charge in [-0.2, -0.15) is 0 Å². The number of hydrogen-bond donors (Lipinski definition) is 3. The molecule has 0 saturated heterocycles. The molecule has 1 aromatic heterocycles. The minimum Gasteiger partial charge on any atom is -0.389 e. The monoisotopic (exact) mass is 501 g/mol. The van der Waals surface area contributed by atoms with Crippen molar-refractivity contribution in [3.63, 3.8) is 0 Å². The number of aromatic nitrogens is 1. The van der Waals surface area contributed by atoms with E-state index >= 15 is 0 Å². The molecule has 0 aliphatic heterocycles. The van der Waals surface area contributed by atoms with E-state index in [1.54, 1.807) is 13.8 Å². The second kappa shape index (κ2) is 11.1. The van der Waals surface area contributed by atoms with Crippen molar-refractivity contribution >= 4 is 17.5 Å². The highest BCUT2D eigenvalue weighted by molar-refractivity contribution is 6.32. The van der Waals surface area contributed by atoms with E-state index in [4.69, 9.17) is 11.6 Å². The third-order valence-electron chi connectivity index (χ3n) is 7.01. The molecule has 3 N–H and O–H groups in total. The van der Waals surface area contributed by atoms with Crippen LogP contribution >= 0.6 is 11.6 Å². The molecule has 2 aromatic rings. The zero-order valence-electron chi connectivity index (χ0n) is 22.6. The number of carbonyl (C=O) groups is 1. The lowest BCUT2D eigenvalue weighted by molar-refractivity contribution is 0.0694. The first-order chi connectivity index (χ1) is 16.3. The van der Waals surface area contributed by atoms with Crippen molar-refractivity contribution in [3.05, 3.63) is 45.6 Å². The second-order valence-corrected chi connectivity index (χ2v) is 12.3. The molecule has 0 unspecified atom stereocenters. The largest absolute Gasteiger partial charge is 0.389 e. The van der Waals surface area contributed by atoms with Gasteiger partial charge in [0.1, 0.15) is 0 Å². The lowest BCUT2D eigenvalue weighted by atomic mass is 9.89. The Balaban J connectivity index is 2.00. The number of hydrogen-bond acceptors (Lipinski definition) is 3. The van der Waals surface area contributed by atoms with Gasteiger partial charge in [0.15, 0.2) is 0 Å². The molecule has 1 amide bonds. The molecule has 0 atom stereocenters. The van der Waals surface area contributed by atoms with Crippen LogP contribution < -0.4 is 10.6 Å². The molecule has 35 heavy (non-hydrogen) atoms. The SMILES string of the molecule is Cc1c(-c2cc(C(=O)NCC(C)(C)O)c(C)n2CC2CCCCC2)ccc(CNC(C)(C)C)c1Cl. The van der Waals surface area contributed by atoms with E-state index in [1.165, 1.54) is 32.1 Å². The maximum atomic E-state index is 13.1. The minimum atomic E-state index is -0.960. The van der Waals surface area contributed by atoms with Crippen molar-refractivity contribution in [2.45, 2.75) is 105 Å². The fourth-order valence-corrected chi connectivity index (χ4v) is 5.10. The van der Waals surface area contributed by atoms with E-state index < -0.39 is 5.60 Å². The predicted octanol–water partition coefficient (Wildman–Crippen LogP) is 6.39. The summed E-state index contributed by atoms with van der Waals surface area (Å²) in [5.41, 5.74) is 4.89. The van der Waals surface area contributed by atoms with Crippen molar-refractivity contribution in [1.29, 1.82) is 0 Å². The molecular formula is C29H44ClN3O2. The molecule has 0 spiro atoms. The summed E-state index contributed by atoms with van der Waals surface area (Å²) in [6.07, 6.45) is 6.33. The summed E-state index contributed by atoms with van der Waals surface area (Å²) in [7, 11) is 0. The van der Waals surface area contributed by atoms with Gasteiger partial charge in [-0.1, -0.05) is 43.0 Å². The molecule has 0 radical (unpaired) electrons. The number of carbonyl (C=O) groups excluding carboxylic acids is 1. The summed E-state index contributed by atoms with van der Waals surface area (Å²) in [4.78, 5) is 13.1. The third kappa shape index (κ3) is 7.34. The summed E-state index contributed by atoms with van der Waals surface area (Å²) in [5, 5.41) is 17.3. The van der Waals surface area contributed by atoms with Gasteiger partial charge in [0.25, 0.3) is 5.91 Å². The minimum absolute atomic E-state index is 0.00705. The number of halogens is 1. The number of nitrogens with zero attached hydrogens (tertiary/aromatic N) is 1. The van der Waals surface area contributed by atoms with E-state index in [0.717, 1.165) is 39.6 Å². The Kier molecular flexibility index (Phi) is 8.77. The first kappa shape index (κ1) is 27.8. The molecule has 194 valence electrons. The Morgan fingerprint density at radius 3 is 2.37 bits per heavy atom. The predicted molar refractivity (Wildman–Crippen MR) is 146 cm³/mol. The highest BCUT2D eigenvalue weighted by atomic mass is 35.5. The molecular weight excluding hydrogens is 458 g/mol. The van der Waals surface area contributed by atoms with E-state index in [1.807, 2.05) is 13.0 Å². The number of nitrogens with one attached hydrogen (secondary N) is 2. The van der Waals surface area contributed by atoms with Crippen molar-refractivity contribution in [3.8, 4) is 11.3 Å². The summed E-state index contributed by atoms with van der Waals surface area (Å²) in [6.45, 7) is 15.7. The molecule has 5 nitrogen and oxygen atoms in total. The van der Waals surface area contributed by atoms with E-state index in [-0.39, 0.29) is 18.0 Å². The number of rotatable bonds is 8. The number of amides is 1. The standard InChI is InChI=1S/C29H44ClN3O2/c1-19-23(14-13-22(26(19)30)16-32-28(3,4)5)25-15-24(27(34)31-18-29(6,7)35)20(2)33(25)17-21-11-9-8-10-12-21/h13-15,21,32,35H,8-12,16-18H2,1-7H3,(H,31,34). The fraction of sp³-hybridized carbons (Fsp3) is 0.621. The van der Waals surface area contributed by atoms with Crippen LogP contribution in [0.2, 0.25) is 5.02 Å². The van der Waals surface area contributed by atoms with E-state index in [2.05, 4.69) is 55.0 Å². The lowest BCUT2D eigenvalue weighted by Crippen LogP contribution is -2.38. The van der Waals surface area contributed by atoms with Crippen LogP contribution in [0.3, 0.4) is 0 Å². The maximum absolute atomic E-state index is 13.1. The molecule has 6 heteroatoms. The zero-order chi connectivity index (χ0) is 26.0. The van der Waals surface area contributed by atoms with Crippen LogP contribution in [-0.4, -0.2) is 33.3 Å². The van der Waals surface area contributed by atoms with Crippen LogP contribution in [0.4, 0.5) is 0 Å². The topological polar surface area (TPSA) is 66.3 Å². The van der Waals surface area contributed by atoms with Gasteiger partial charge in [-0.3, -0.25) is 4.79 Å². The van der Waals surface area contributed by atoms with Crippen molar-refractivity contribution in [1.82, 2.24) is 15.2 Å². The van der Waals surface area contributed by atoms with Gasteiger partial charge in [-0.05, 0) is 84.4 Å². The highest BCUT2D eigenvalue weighted by Crippen LogP contribution is 2.36. The first-order valence-electron chi connectivity index (χ1n) is 13.0. The molecule has 1 saturated carbocycles. The highest BCUT2D eigenvalue weighted by Gasteiger charge is 2.24. The van der Waals surface area contributed by atoms with Gasteiger partial charge in [-0.25, -0.2) is 0 Å². The van der Waals surface area contributed by atoms with Crippen molar-refractivity contribution < 1.29 is 9.90 Å². The van der Waals surface area contributed by atoms with Gasteiger partial charge in [-0.15, -0.1) is 0 Å². The molecule has 1 heterocycles. The van der Waals surface area contributed by atoms with Crippen LogP contribution in [0.1, 0.15) is 93.9 Å². The van der Waals surface area contributed by atoms with Gasteiger partial charge < -0.3 is 20.3 Å². The van der Waals surface area contributed by atoms with Crippen LogP contribution in [0.25, 0.3) is 11.3 Å². The lowest BCUT2D eigenvalue weighted by Gasteiger charge is -2.25. The summed E-state index contributed by atoms with van der Waals surface area (Å²) in [5.74, 6) is 0.468. The van der Waals surface area contributed by atoms with Gasteiger partial charge in [0, 0.05) is 47.1 Å². The maximum Gasteiger partial charge on any atom is 0.253 e. The van der Waals surface area contributed by atoms with Gasteiger partial charge >= 0.3 is 0 Å². The second-order valence-electron chi connectivity index (χ2n) is 12.0. The van der Waals surface area contributed by atoms with Crippen LogP contribution in [-0.2, 0) is 13.1 Å². The quantitative estimate of drug-likeness (QED) is 0.392. The molecule has 3 rings (SSSR count). The Morgan fingerprint density at radius 2 is 1.77 bits per heavy atom. The van der Waals surface area contributed by atoms with E-state index in [0.29, 0.717) is 18.0 Å². The molecule has 1 aliphatic rings. The van der Waals surface area contributed by atoms with Gasteiger partial charge in [0.05, 0.1) is 11.2 Å². The average Bonchev–Trinajstić information content (AvgIpc) is 3.09. The smallest absolute Gasteiger partial charge is 0.253 e. The first-order valence-corrected chi connectivity index (χ1v) is 13.4. The molecule has 1 fully saturated rings. The Morgan fingerprint density at radius 1 is 1.11 bits per heavy atom. The number of benzene rings is 1. The number of aliphatic hydroxyl groups is 1. The van der Waals surface area contributed by atoms with Crippen molar-refractivity contribution in [2.24, 2.45) is 5.92 Å². The fourth-order valence-electron chi connectivity index (χ4n) is 4.87. The third-order valence-corrected chi connectivity index (χ3v) is 7.54. The zero-order valence-corrected chi connectivity index (χ0v) is 23.4. The van der Waals surface area contributed by atoms with Crippen molar-refractivity contribution in [2.75, 3.05) is 6.54 Å². The van der Waals surface area contributed by atoms with Gasteiger partial charge in [0.2, 0.25) is 0 Å². The summed E-state index contributed by atoms with van der Waals surface area (Å²) < 4.78 is 2.32. The van der Waals surface area contributed by atoms with Crippen LogP contribution in [0.5, 0.6) is 0 Å². The molecule has 0 bridgehead atoms. The van der Waals surface area contributed by atoms with Crippen LogP contribution in [0, 0.1) is 19.8 Å². The normalized spacial score (nSPS) is 15.5. The molecule has 1 aliphatic carbocycles. The summed E-state index contributed by atoms with van der Waals surface area (Å²) >= 11 is 6.87. The van der Waals surface area contributed by atoms with E-state index in [9.17, 15) is 9.90 Å². The molecule has 1 aromatic carbocycles. The van der Waals surface area contributed by atoms with Crippen LogP contribution in [0.15, 0.2) is 18.2 Å². The Hall–Kier alpha value is -1.82. The Bertz CT molecular complexity index is 1040. The average molecular weight is 502 g/mol. The summed E-state index contributed by atoms with van der Waals surface area (Å²) in [6, 6.07) is 6.25.